The molecule has 3 aromatic carbocycles. The quantitative estimate of drug-likeness (QED) is 0.309. The number of halogens is 3. The Kier molecular flexibility index (Phi) is 8.95. The first kappa shape index (κ1) is 24.4. The monoisotopic (exact) mass is 505 g/mol. The molecule has 33 heavy (non-hydrogen) atoms. The van der Waals surface area contributed by atoms with E-state index in [0.717, 1.165) is 0 Å². The van der Waals surface area contributed by atoms with Crippen LogP contribution in [-0.2, 0) is 9.59 Å². The first-order valence-electron chi connectivity index (χ1n) is 9.57. The Morgan fingerprint density at radius 1 is 0.848 bits per heavy atom. The number of rotatable bonds is 9. The van der Waals surface area contributed by atoms with Crippen molar-refractivity contribution in [1.82, 2.24) is 5.43 Å². The van der Waals surface area contributed by atoms with Gasteiger partial charge in [0.1, 0.15) is 11.5 Å². The largest absolute Gasteiger partial charge is 0.484 e. The molecular formula is C23H18Cl3N3O4. The van der Waals surface area contributed by atoms with Crippen LogP contribution >= 0.6 is 34.8 Å². The second kappa shape index (κ2) is 12.1. The highest BCUT2D eigenvalue weighted by Crippen LogP contribution is 2.27. The molecule has 7 nitrogen and oxygen atoms in total. The Bertz CT molecular complexity index is 1150. The standard InChI is InChI=1S/C23H18Cl3N3O4/c24-16-2-1-3-18(10-16)28-22(30)13-32-19-7-4-15(5-8-19)12-27-29-23(31)14-33-21-9-6-17(25)11-20(21)26/h1-12H,13-14H2,(H,28,30)(H,29,31)/b27-12-. The Labute approximate surface area is 205 Å². The maximum atomic E-state index is 12.0. The number of hydrogen-bond acceptors (Lipinski definition) is 5. The smallest absolute Gasteiger partial charge is 0.277 e. The fourth-order valence-corrected chi connectivity index (χ4v) is 3.16. The van der Waals surface area contributed by atoms with E-state index in [1.54, 1.807) is 60.7 Å². The van der Waals surface area contributed by atoms with Crippen LogP contribution in [0.1, 0.15) is 5.56 Å². The minimum atomic E-state index is -0.456. The summed E-state index contributed by atoms with van der Waals surface area (Å²) in [6, 6.07) is 18.4. The van der Waals surface area contributed by atoms with Crippen molar-refractivity contribution in [3.05, 3.63) is 87.4 Å². The summed E-state index contributed by atoms with van der Waals surface area (Å²) in [5, 5.41) is 7.88. The van der Waals surface area contributed by atoms with Gasteiger partial charge in [-0.2, -0.15) is 5.10 Å². The molecule has 0 aliphatic heterocycles. The maximum absolute atomic E-state index is 12.0. The van der Waals surface area contributed by atoms with E-state index in [1.807, 2.05) is 0 Å². The molecule has 10 heteroatoms. The number of nitrogens with zero attached hydrogens (tertiary/aromatic N) is 1. The predicted octanol–water partition coefficient (Wildman–Crippen LogP) is 5.19. The van der Waals surface area contributed by atoms with Crippen molar-refractivity contribution in [3.8, 4) is 11.5 Å². The second-order valence-electron chi connectivity index (χ2n) is 6.57. The van der Waals surface area contributed by atoms with Crippen molar-refractivity contribution >= 4 is 58.5 Å². The van der Waals surface area contributed by atoms with Gasteiger partial charge >= 0.3 is 0 Å². The van der Waals surface area contributed by atoms with Crippen molar-refractivity contribution in [2.75, 3.05) is 18.5 Å². The molecule has 0 unspecified atom stereocenters. The SMILES string of the molecule is O=C(COc1ccc(Cl)cc1Cl)N/N=C\c1ccc(OCC(=O)Nc2cccc(Cl)c2)cc1. The molecule has 0 aliphatic carbocycles. The van der Waals surface area contributed by atoms with Crippen LogP contribution in [0.25, 0.3) is 0 Å². The molecule has 0 saturated heterocycles. The van der Waals surface area contributed by atoms with Gasteiger partial charge in [-0.15, -0.1) is 0 Å². The van der Waals surface area contributed by atoms with Gasteiger partial charge in [-0.25, -0.2) is 5.43 Å². The van der Waals surface area contributed by atoms with E-state index in [4.69, 9.17) is 44.3 Å². The summed E-state index contributed by atoms with van der Waals surface area (Å²) in [7, 11) is 0. The van der Waals surface area contributed by atoms with Gasteiger partial charge in [0.05, 0.1) is 11.2 Å². The van der Waals surface area contributed by atoms with Crippen molar-refractivity contribution < 1.29 is 19.1 Å². The summed E-state index contributed by atoms with van der Waals surface area (Å²) in [4.78, 5) is 23.8. The van der Waals surface area contributed by atoms with E-state index >= 15 is 0 Å². The summed E-state index contributed by atoms with van der Waals surface area (Å²) in [6.07, 6.45) is 1.46. The van der Waals surface area contributed by atoms with Gasteiger partial charge in [-0.3, -0.25) is 9.59 Å². The van der Waals surface area contributed by atoms with E-state index in [1.165, 1.54) is 12.3 Å². The van der Waals surface area contributed by atoms with Crippen LogP contribution in [0.15, 0.2) is 71.8 Å². The number of anilines is 1. The zero-order valence-electron chi connectivity index (χ0n) is 17.1. The van der Waals surface area contributed by atoms with Crippen molar-refractivity contribution in [2.24, 2.45) is 5.10 Å². The zero-order valence-corrected chi connectivity index (χ0v) is 19.3. The molecule has 0 radical (unpaired) electrons. The van der Waals surface area contributed by atoms with Crippen LogP contribution in [0, 0.1) is 0 Å². The average Bonchev–Trinajstić information content (AvgIpc) is 2.78. The maximum Gasteiger partial charge on any atom is 0.277 e. The fourth-order valence-electron chi connectivity index (χ4n) is 2.51. The topological polar surface area (TPSA) is 89.0 Å². The van der Waals surface area contributed by atoms with Crippen LogP contribution < -0.4 is 20.2 Å². The normalized spacial score (nSPS) is 10.6. The third-order valence-corrected chi connectivity index (χ3v) is 4.78. The Morgan fingerprint density at radius 3 is 2.30 bits per heavy atom. The first-order valence-corrected chi connectivity index (χ1v) is 10.7. The number of hydrazone groups is 1. The minimum Gasteiger partial charge on any atom is -0.484 e. The molecule has 0 aromatic heterocycles. The Balaban J connectivity index is 1.40. The van der Waals surface area contributed by atoms with Crippen molar-refractivity contribution in [2.45, 2.75) is 0 Å². The number of carbonyl (C=O) groups excluding carboxylic acids is 2. The second-order valence-corrected chi connectivity index (χ2v) is 7.85. The molecule has 0 aliphatic rings. The van der Waals surface area contributed by atoms with E-state index < -0.39 is 5.91 Å². The lowest BCUT2D eigenvalue weighted by Gasteiger charge is -2.08. The van der Waals surface area contributed by atoms with E-state index in [0.29, 0.717) is 37.8 Å². The molecule has 2 amide bonds. The predicted molar refractivity (Wildman–Crippen MR) is 130 cm³/mol. The number of amides is 2. The third kappa shape index (κ3) is 8.31. The van der Waals surface area contributed by atoms with Gasteiger partial charge < -0.3 is 14.8 Å². The number of nitrogens with one attached hydrogen (secondary N) is 2. The molecule has 3 rings (SSSR count). The van der Waals surface area contributed by atoms with Gasteiger partial charge in [-0.05, 0) is 66.2 Å². The lowest BCUT2D eigenvalue weighted by Crippen LogP contribution is -2.24. The summed E-state index contributed by atoms with van der Waals surface area (Å²) < 4.78 is 10.8. The van der Waals surface area contributed by atoms with Crippen LogP contribution in [-0.4, -0.2) is 31.2 Å². The van der Waals surface area contributed by atoms with Crippen LogP contribution in [0.3, 0.4) is 0 Å². The van der Waals surface area contributed by atoms with Crippen LogP contribution in [0.4, 0.5) is 5.69 Å². The average molecular weight is 507 g/mol. The van der Waals surface area contributed by atoms with E-state index in [-0.39, 0.29) is 19.1 Å². The van der Waals surface area contributed by atoms with Crippen LogP contribution in [0.2, 0.25) is 15.1 Å². The highest BCUT2D eigenvalue weighted by molar-refractivity contribution is 6.35. The highest BCUT2D eigenvalue weighted by atomic mass is 35.5. The zero-order chi connectivity index (χ0) is 23.6. The van der Waals surface area contributed by atoms with Gasteiger partial charge in [0.25, 0.3) is 11.8 Å². The number of ether oxygens (including phenoxy) is 2. The molecule has 170 valence electrons. The van der Waals surface area contributed by atoms with Crippen LogP contribution in [0.5, 0.6) is 11.5 Å². The minimum absolute atomic E-state index is 0.159. The van der Waals surface area contributed by atoms with Gasteiger partial charge in [-0.1, -0.05) is 40.9 Å². The number of carbonyl (C=O) groups is 2. The molecule has 3 aromatic rings. The van der Waals surface area contributed by atoms with E-state index in [2.05, 4.69) is 15.8 Å². The number of benzene rings is 3. The van der Waals surface area contributed by atoms with Crippen molar-refractivity contribution in [1.29, 1.82) is 0 Å². The lowest BCUT2D eigenvalue weighted by molar-refractivity contribution is -0.123. The van der Waals surface area contributed by atoms with Crippen molar-refractivity contribution in [3.63, 3.8) is 0 Å². The molecule has 0 saturated carbocycles. The molecule has 0 fully saturated rings. The number of hydrogen-bond donors (Lipinski definition) is 2. The highest BCUT2D eigenvalue weighted by Gasteiger charge is 2.06. The van der Waals surface area contributed by atoms with Gasteiger partial charge in [0.2, 0.25) is 0 Å². The third-order valence-electron chi connectivity index (χ3n) is 4.01. The summed E-state index contributed by atoms with van der Waals surface area (Å²) >= 11 is 17.7. The molecule has 0 bridgehead atoms. The van der Waals surface area contributed by atoms with Gasteiger partial charge in [0.15, 0.2) is 13.2 Å². The molecule has 0 atom stereocenters. The molecule has 2 N–H and O–H groups in total. The molecule has 0 spiro atoms. The Morgan fingerprint density at radius 2 is 1.58 bits per heavy atom. The Hall–Kier alpha value is -3.26. The summed E-state index contributed by atoms with van der Waals surface area (Å²) in [6.45, 7) is -0.420. The van der Waals surface area contributed by atoms with Gasteiger partial charge in [0, 0.05) is 15.7 Å². The molecular weight excluding hydrogens is 489 g/mol. The first-order chi connectivity index (χ1) is 15.9. The summed E-state index contributed by atoms with van der Waals surface area (Å²) in [5.74, 6) is 0.0818. The lowest BCUT2D eigenvalue weighted by atomic mass is 10.2. The fraction of sp³-hybridized carbons (Fsp3) is 0.0870. The summed E-state index contributed by atoms with van der Waals surface area (Å²) in [5.41, 5.74) is 3.66. The van der Waals surface area contributed by atoms with E-state index in [9.17, 15) is 9.59 Å². The molecule has 0 heterocycles.